The van der Waals surface area contributed by atoms with Crippen molar-refractivity contribution in [2.75, 3.05) is 6.61 Å². The lowest BCUT2D eigenvalue weighted by atomic mass is 10.2. The van der Waals surface area contributed by atoms with Crippen molar-refractivity contribution in [3.8, 4) is 11.8 Å². The Morgan fingerprint density at radius 3 is 3.07 bits per heavy atom. The molecule has 15 heavy (non-hydrogen) atoms. The molecule has 0 amide bonds. The van der Waals surface area contributed by atoms with Crippen LogP contribution in [0.4, 0.5) is 0 Å². The Kier molecular flexibility index (Phi) is 3.92. The molecule has 0 fully saturated rings. The summed E-state index contributed by atoms with van der Waals surface area (Å²) in [7, 11) is 0. The third kappa shape index (κ3) is 3.96. The van der Waals surface area contributed by atoms with Gasteiger partial charge in [0.25, 0.3) is 0 Å². The number of carboxylic acids is 1. The smallest absolute Gasteiger partial charge is 0.328 e. The number of hydrogen-bond donors (Lipinski definition) is 1. The van der Waals surface area contributed by atoms with Crippen molar-refractivity contribution < 1.29 is 14.6 Å². The van der Waals surface area contributed by atoms with Crippen LogP contribution >= 0.6 is 0 Å². The van der Waals surface area contributed by atoms with Crippen molar-refractivity contribution in [1.29, 1.82) is 5.26 Å². The fraction of sp³-hybridized carbons (Fsp3) is 0.0909. The van der Waals surface area contributed by atoms with E-state index in [-0.39, 0.29) is 6.61 Å². The fourth-order valence-corrected chi connectivity index (χ4v) is 0.949. The molecular weight excluding hydrogens is 194 g/mol. The van der Waals surface area contributed by atoms with E-state index >= 15 is 0 Å². The first-order valence-electron chi connectivity index (χ1n) is 4.25. The second kappa shape index (κ2) is 5.45. The fourth-order valence-electron chi connectivity index (χ4n) is 0.949. The molecule has 1 aromatic rings. The Hall–Kier alpha value is -2.28. The van der Waals surface area contributed by atoms with Gasteiger partial charge in [-0.2, -0.15) is 5.26 Å². The summed E-state index contributed by atoms with van der Waals surface area (Å²) in [6, 6.07) is 8.65. The van der Waals surface area contributed by atoms with Crippen LogP contribution in [0.25, 0.3) is 0 Å². The van der Waals surface area contributed by atoms with Gasteiger partial charge >= 0.3 is 5.97 Å². The molecule has 4 nitrogen and oxygen atoms in total. The van der Waals surface area contributed by atoms with Crippen LogP contribution in [-0.4, -0.2) is 17.7 Å². The second-order valence-electron chi connectivity index (χ2n) is 2.69. The summed E-state index contributed by atoms with van der Waals surface area (Å²) in [6.07, 6.45) is 2.40. The van der Waals surface area contributed by atoms with E-state index in [0.29, 0.717) is 11.3 Å². The van der Waals surface area contributed by atoms with Gasteiger partial charge in [-0.1, -0.05) is 6.07 Å². The van der Waals surface area contributed by atoms with Crippen LogP contribution in [0.5, 0.6) is 5.75 Å². The zero-order chi connectivity index (χ0) is 11.1. The van der Waals surface area contributed by atoms with E-state index in [1.165, 1.54) is 6.08 Å². The number of ether oxygens (including phenoxy) is 1. The third-order valence-corrected chi connectivity index (χ3v) is 1.57. The van der Waals surface area contributed by atoms with Gasteiger partial charge in [0.05, 0.1) is 11.6 Å². The van der Waals surface area contributed by atoms with E-state index in [2.05, 4.69) is 0 Å². The van der Waals surface area contributed by atoms with E-state index in [1.54, 1.807) is 24.3 Å². The minimum atomic E-state index is -1.01. The maximum Gasteiger partial charge on any atom is 0.328 e. The molecular formula is C11H9NO3. The number of hydrogen-bond acceptors (Lipinski definition) is 3. The van der Waals surface area contributed by atoms with Crippen molar-refractivity contribution in [3.63, 3.8) is 0 Å². The van der Waals surface area contributed by atoms with Gasteiger partial charge in [-0.05, 0) is 24.3 Å². The minimum Gasteiger partial charge on any atom is -0.489 e. The number of carbonyl (C=O) groups is 1. The molecule has 0 aliphatic heterocycles. The molecule has 1 aromatic carbocycles. The molecule has 4 heteroatoms. The molecule has 0 aliphatic carbocycles. The molecule has 1 N–H and O–H groups in total. The normalized spacial score (nSPS) is 9.80. The van der Waals surface area contributed by atoms with Crippen LogP contribution in [0, 0.1) is 11.3 Å². The maximum atomic E-state index is 10.1. The van der Waals surface area contributed by atoms with Crippen molar-refractivity contribution in [1.82, 2.24) is 0 Å². The van der Waals surface area contributed by atoms with Gasteiger partial charge in [0.15, 0.2) is 0 Å². The first kappa shape index (κ1) is 10.8. The molecule has 0 atom stereocenters. The number of aliphatic carboxylic acids is 1. The molecule has 0 aliphatic rings. The lowest BCUT2D eigenvalue weighted by Gasteiger charge is -2.01. The van der Waals surface area contributed by atoms with E-state index in [9.17, 15) is 4.79 Å². The van der Waals surface area contributed by atoms with Crippen molar-refractivity contribution in [2.24, 2.45) is 0 Å². The van der Waals surface area contributed by atoms with Crippen molar-refractivity contribution >= 4 is 5.97 Å². The summed E-state index contributed by atoms with van der Waals surface area (Å²) >= 11 is 0. The van der Waals surface area contributed by atoms with E-state index in [1.807, 2.05) is 6.07 Å². The van der Waals surface area contributed by atoms with Crippen LogP contribution in [0.1, 0.15) is 5.56 Å². The van der Waals surface area contributed by atoms with E-state index in [0.717, 1.165) is 6.08 Å². The molecule has 0 radical (unpaired) electrons. The molecule has 0 bridgehead atoms. The molecule has 0 aromatic heterocycles. The average Bonchev–Trinajstić information content (AvgIpc) is 2.24. The van der Waals surface area contributed by atoms with Gasteiger partial charge in [-0.3, -0.25) is 0 Å². The summed E-state index contributed by atoms with van der Waals surface area (Å²) < 4.78 is 5.20. The summed E-state index contributed by atoms with van der Waals surface area (Å²) in [5, 5.41) is 16.9. The van der Waals surface area contributed by atoms with Crippen molar-refractivity contribution in [2.45, 2.75) is 0 Å². The zero-order valence-electron chi connectivity index (χ0n) is 7.88. The van der Waals surface area contributed by atoms with Gasteiger partial charge in [0.2, 0.25) is 0 Å². The maximum absolute atomic E-state index is 10.1. The van der Waals surface area contributed by atoms with Gasteiger partial charge in [0.1, 0.15) is 12.4 Å². The van der Waals surface area contributed by atoms with E-state index < -0.39 is 5.97 Å². The zero-order valence-corrected chi connectivity index (χ0v) is 7.88. The predicted molar refractivity (Wildman–Crippen MR) is 53.4 cm³/mol. The monoisotopic (exact) mass is 203 g/mol. The Morgan fingerprint density at radius 2 is 2.40 bits per heavy atom. The van der Waals surface area contributed by atoms with Crippen molar-refractivity contribution in [3.05, 3.63) is 42.0 Å². The lowest BCUT2D eigenvalue weighted by molar-refractivity contribution is -0.131. The number of rotatable bonds is 4. The van der Waals surface area contributed by atoms with Gasteiger partial charge in [0, 0.05) is 6.08 Å². The van der Waals surface area contributed by atoms with Gasteiger partial charge in [-0.25, -0.2) is 4.79 Å². The summed E-state index contributed by atoms with van der Waals surface area (Å²) in [5.74, 6) is -0.464. The number of benzene rings is 1. The Labute approximate surface area is 87.0 Å². The lowest BCUT2D eigenvalue weighted by Crippen LogP contribution is -1.95. The van der Waals surface area contributed by atoms with Crippen LogP contribution in [0.3, 0.4) is 0 Å². The highest BCUT2D eigenvalue weighted by Crippen LogP contribution is 2.12. The van der Waals surface area contributed by atoms with Crippen LogP contribution in [0.2, 0.25) is 0 Å². The molecule has 1 rings (SSSR count). The SMILES string of the molecule is N#Cc1cccc(OCC=CC(=O)O)c1. The number of nitrogens with zero attached hydrogens (tertiary/aromatic N) is 1. The quantitative estimate of drug-likeness (QED) is 0.754. The molecule has 0 unspecified atom stereocenters. The average molecular weight is 203 g/mol. The summed E-state index contributed by atoms with van der Waals surface area (Å²) in [5.41, 5.74) is 0.509. The predicted octanol–water partition coefficient (Wildman–Crippen LogP) is 1.58. The summed E-state index contributed by atoms with van der Waals surface area (Å²) in [6.45, 7) is 0.168. The molecule has 0 spiro atoms. The number of nitriles is 1. The Balaban J connectivity index is 2.51. The van der Waals surface area contributed by atoms with Crippen LogP contribution < -0.4 is 4.74 Å². The Bertz CT molecular complexity index is 418. The number of carboxylic acid groups (broad SMARTS) is 1. The first-order valence-corrected chi connectivity index (χ1v) is 4.25. The first-order chi connectivity index (χ1) is 7.22. The van der Waals surface area contributed by atoms with Gasteiger partial charge < -0.3 is 9.84 Å². The molecule has 0 heterocycles. The molecule has 0 saturated heterocycles. The highest BCUT2D eigenvalue weighted by atomic mass is 16.5. The Morgan fingerprint density at radius 1 is 1.60 bits per heavy atom. The minimum absolute atomic E-state index is 0.168. The molecule has 0 saturated carbocycles. The van der Waals surface area contributed by atoms with Crippen LogP contribution in [-0.2, 0) is 4.79 Å². The van der Waals surface area contributed by atoms with Crippen LogP contribution in [0.15, 0.2) is 36.4 Å². The topological polar surface area (TPSA) is 70.3 Å². The molecule has 76 valence electrons. The van der Waals surface area contributed by atoms with Gasteiger partial charge in [-0.15, -0.1) is 0 Å². The highest BCUT2D eigenvalue weighted by Gasteiger charge is 1.94. The summed E-state index contributed by atoms with van der Waals surface area (Å²) in [4.78, 5) is 10.1. The highest BCUT2D eigenvalue weighted by molar-refractivity contribution is 5.79. The third-order valence-electron chi connectivity index (χ3n) is 1.57. The second-order valence-corrected chi connectivity index (χ2v) is 2.69. The standard InChI is InChI=1S/C11H9NO3/c12-8-9-3-1-4-10(7-9)15-6-2-5-11(13)14/h1-5,7H,6H2,(H,13,14). The van der Waals surface area contributed by atoms with E-state index in [4.69, 9.17) is 15.1 Å². The largest absolute Gasteiger partial charge is 0.489 e.